The highest BCUT2D eigenvalue weighted by Gasteiger charge is 2.40. The Morgan fingerprint density at radius 3 is 2.61 bits per heavy atom. The van der Waals surface area contributed by atoms with Crippen LogP contribution >= 0.6 is 23.2 Å². The fourth-order valence-corrected chi connectivity index (χ4v) is 4.17. The maximum absolute atomic E-state index is 13.3. The number of hydrogen-bond donors (Lipinski definition) is 2. The minimum absolute atomic E-state index is 0.279. The molecule has 1 aliphatic heterocycles. The number of benzene rings is 2. The number of carbonyl (C=O) groups excluding carboxylic acids is 2. The number of amides is 2. The van der Waals surface area contributed by atoms with Crippen molar-refractivity contribution in [1.82, 2.24) is 15.8 Å². The standard InChI is InChI=1S/C23H19Cl2N3O3/c1-13(19-8-4-5-11-26-19)31-28-23(30)20-15-6-2-3-7-16(15)22(29)27-21(20)17-10-9-14(24)12-18(17)25/h2-13,20-21H,1H3,(H,27,29)(H,28,30)/t13?,20-,21+/m1/s1. The number of pyridine rings is 1. The number of nitrogens with one attached hydrogen (secondary N) is 2. The number of halogens is 2. The first-order valence-corrected chi connectivity index (χ1v) is 10.4. The smallest absolute Gasteiger partial charge is 0.253 e. The third-order valence-corrected chi connectivity index (χ3v) is 5.74. The van der Waals surface area contributed by atoms with Gasteiger partial charge >= 0.3 is 0 Å². The Kier molecular flexibility index (Phi) is 6.23. The van der Waals surface area contributed by atoms with Gasteiger partial charge in [0.05, 0.1) is 17.7 Å². The summed E-state index contributed by atoms with van der Waals surface area (Å²) in [7, 11) is 0. The minimum atomic E-state index is -0.761. The van der Waals surface area contributed by atoms with Gasteiger partial charge in [0.1, 0.15) is 6.10 Å². The quantitative estimate of drug-likeness (QED) is 0.543. The zero-order valence-corrected chi connectivity index (χ0v) is 18.0. The minimum Gasteiger partial charge on any atom is -0.344 e. The highest BCUT2D eigenvalue weighted by Crippen LogP contribution is 2.40. The molecule has 4 rings (SSSR count). The van der Waals surface area contributed by atoms with Crippen LogP contribution in [0.5, 0.6) is 0 Å². The number of aromatic nitrogens is 1. The Hall–Kier alpha value is -2.93. The van der Waals surface area contributed by atoms with E-state index in [0.29, 0.717) is 32.4 Å². The lowest BCUT2D eigenvalue weighted by molar-refractivity contribution is -0.140. The molecule has 2 amide bonds. The van der Waals surface area contributed by atoms with E-state index in [1.54, 1.807) is 61.7 Å². The zero-order valence-electron chi connectivity index (χ0n) is 16.5. The molecule has 31 heavy (non-hydrogen) atoms. The van der Waals surface area contributed by atoms with Crippen LogP contribution in [0, 0.1) is 0 Å². The molecule has 1 aromatic heterocycles. The van der Waals surface area contributed by atoms with Crippen molar-refractivity contribution in [2.24, 2.45) is 0 Å². The van der Waals surface area contributed by atoms with Crippen molar-refractivity contribution in [2.45, 2.75) is 25.0 Å². The normalized spacial score (nSPS) is 18.6. The first-order chi connectivity index (χ1) is 15.0. The molecule has 2 aromatic carbocycles. The lowest BCUT2D eigenvalue weighted by Crippen LogP contribution is -2.45. The molecule has 0 radical (unpaired) electrons. The molecule has 0 fully saturated rings. The van der Waals surface area contributed by atoms with Crippen LogP contribution in [-0.4, -0.2) is 16.8 Å². The van der Waals surface area contributed by atoms with E-state index in [2.05, 4.69) is 15.8 Å². The third-order valence-electron chi connectivity index (χ3n) is 5.18. The third kappa shape index (κ3) is 4.42. The Bertz CT molecular complexity index is 1120. The van der Waals surface area contributed by atoms with Crippen molar-refractivity contribution in [3.63, 3.8) is 0 Å². The van der Waals surface area contributed by atoms with Gasteiger partial charge in [-0.2, -0.15) is 0 Å². The molecule has 1 unspecified atom stereocenters. The van der Waals surface area contributed by atoms with Crippen molar-refractivity contribution in [1.29, 1.82) is 0 Å². The SMILES string of the molecule is CC(ONC(=O)[C@@H]1c2ccccc2C(=O)N[C@H]1c1ccc(Cl)cc1Cl)c1ccccn1. The van der Waals surface area contributed by atoms with E-state index in [-0.39, 0.29) is 5.91 Å². The van der Waals surface area contributed by atoms with Gasteiger partial charge in [-0.05, 0) is 48.4 Å². The second-order valence-electron chi connectivity index (χ2n) is 7.16. The predicted octanol–water partition coefficient (Wildman–Crippen LogP) is 4.77. The van der Waals surface area contributed by atoms with E-state index in [4.69, 9.17) is 28.0 Å². The summed E-state index contributed by atoms with van der Waals surface area (Å²) in [6.45, 7) is 1.78. The molecule has 0 spiro atoms. The molecule has 8 heteroatoms. The number of hydroxylamine groups is 1. The van der Waals surface area contributed by atoms with Crippen LogP contribution in [0.4, 0.5) is 0 Å². The van der Waals surface area contributed by atoms with E-state index in [0.717, 1.165) is 0 Å². The van der Waals surface area contributed by atoms with Crippen LogP contribution in [0.25, 0.3) is 0 Å². The van der Waals surface area contributed by atoms with Gasteiger partial charge in [-0.1, -0.05) is 53.5 Å². The number of fused-ring (bicyclic) bond motifs is 1. The summed E-state index contributed by atoms with van der Waals surface area (Å²) >= 11 is 12.4. The molecule has 0 bridgehead atoms. The van der Waals surface area contributed by atoms with E-state index >= 15 is 0 Å². The topological polar surface area (TPSA) is 80.3 Å². The largest absolute Gasteiger partial charge is 0.344 e. The van der Waals surface area contributed by atoms with E-state index < -0.39 is 24.0 Å². The number of nitrogens with zero attached hydrogens (tertiary/aromatic N) is 1. The maximum Gasteiger partial charge on any atom is 0.253 e. The monoisotopic (exact) mass is 455 g/mol. The van der Waals surface area contributed by atoms with Crippen LogP contribution in [0.1, 0.15) is 52.2 Å². The lowest BCUT2D eigenvalue weighted by atomic mass is 9.80. The number of carbonyl (C=O) groups is 2. The molecule has 3 aromatic rings. The van der Waals surface area contributed by atoms with Gasteiger partial charge in [0.15, 0.2) is 0 Å². The predicted molar refractivity (Wildman–Crippen MR) is 118 cm³/mol. The zero-order chi connectivity index (χ0) is 22.0. The van der Waals surface area contributed by atoms with Crippen molar-refractivity contribution in [3.8, 4) is 0 Å². The molecular formula is C23H19Cl2N3O3. The fourth-order valence-electron chi connectivity index (χ4n) is 3.65. The number of hydrogen-bond acceptors (Lipinski definition) is 4. The van der Waals surface area contributed by atoms with Gasteiger partial charge in [-0.25, -0.2) is 5.48 Å². The molecule has 2 N–H and O–H groups in total. The summed E-state index contributed by atoms with van der Waals surface area (Å²) in [6, 6.07) is 16.7. The van der Waals surface area contributed by atoms with Crippen LogP contribution in [0.2, 0.25) is 10.0 Å². The average Bonchev–Trinajstić information content (AvgIpc) is 2.78. The summed E-state index contributed by atoms with van der Waals surface area (Å²) < 4.78 is 0. The highest BCUT2D eigenvalue weighted by atomic mass is 35.5. The van der Waals surface area contributed by atoms with Crippen molar-refractivity contribution >= 4 is 35.0 Å². The van der Waals surface area contributed by atoms with Gasteiger partial charge in [-0.15, -0.1) is 0 Å². The van der Waals surface area contributed by atoms with Gasteiger partial charge < -0.3 is 5.32 Å². The highest BCUT2D eigenvalue weighted by molar-refractivity contribution is 6.35. The molecule has 6 nitrogen and oxygen atoms in total. The Morgan fingerprint density at radius 1 is 1.10 bits per heavy atom. The Balaban J connectivity index is 1.65. The molecule has 2 heterocycles. The molecular weight excluding hydrogens is 437 g/mol. The Labute approximate surface area is 189 Å². The van der Waals surface area contributed by atoms with E-state index in [9.17, 15) is 9.59 Å². The summed E-state index contributed by atoms with van der Waals surface area (Å²) in [5.74, 6) is -1.45. The average molecular weight is 456 g/mol. The molecule has 1 aliphatic rings. The van der Waals surface area contributed by atoms with Crippen LogP contribution in [-0.2, 0) is 9.63 Å². The molecule has 3 atom stereocenters. The number of rotatable bonds is 5. The molecule has 0 saturated heterocycles. The fraction of sp³-hybridized carbons (Fsp3) is 0.174. The van der Waals surface area contributed by atoms with Gasteiger partial charge in [0, 0.05) is 21.8 Å². The molecule has 158 valence electrons. The van der Waals surface area contributed by atoms with Crippen molar-refractivity contribution in [3.05, 3.63) is 99.3 Å². The van der Waals surface area contributed by atoms with E-state index in [1.807, 2.05) is 12.1 Å². The van der Waals surface area contributed by atoms with Crippen LogP contribution < -0.4 is 10.8 Å². The first kappa shape index (κ1) is 21.3. The van der Waals surface area contributed by atoms with E-state index in [1.165, 1.54) is 0 Å². The molecule has 0 saturated carbocycles. The van der Waals surface area contributed by atoms with Gasteiger partial charge in [-0.3, -0.25) is 19.4 Å². The maximum atomic E-state index is 13.3. The lowest BCUT2D eigenvalue weighted by Gasteiger charge is -2.34. The van der Waals surface area contributed by atoms with Crippen molar-refractivity contribution in [2.75, 3.05) is 0 Å². The van der Waals surface area contributed by atoms with Crippen LogP contribution in [0.15, 0.2) is 66.9 Å². The molecule has 0 aliphatic carbocycles. The second kappa shape index (κ2) is 9.06. The Morgan fingerprint density at radius 2 is 1.87 bits per heavy atom. The first-order valence-electron chi connectivity index (χ1n) is 9.67. The summed E-state index contributed by atoms with van der Waals surface area (Å²) in [5.41, 5.74) is 4.83. The second-order valence-corrected chi connectivity index (χ2v) is 8.01. The van der Waals surface area contributed by atoms with Gasteiger partial charge in [0.25, 0.3) is 11.8 Å². The summed E-state index contributed by atoms with van der Waals surface area (Å²) in [5, 5.41) is 3.73. The van der Waals surface area contributed by atoms with Crippen LogP contribution in [0.3, 0.4) is 0 Å². The van der Waals surface area contributed by atoms with Crippen molar-refractivity contribution < 1.29 is 14.4 Å². The summed E-state index contributed by atoms with van der Waals surface area (Å²) in [4.78, 5) is 35.8. The summed E-state index contributed by atoms with van der Waals surface area (Å²) in [6.07, 6.45) is 1.19. The van der Waals surface area contributed by atoms with Gasteiger partial charge in [0.2, 0.25) is 0 Å².